The lowest BCUT2D eigenvalue weighted by Gasteiger charge is -2.18. The van der Waals surface area contributed by atoms with E-state index in [0.29, 0.717) is 13.0 Å². The third-order valence-electron chi connectivity index (χ3n) is 3.34. The van der Waals surface area contributed by atoms with Crippen molar-refractivity contribution in [3.63, 3.8) is 0 Å². The van der Waals surface area contributed by atoms with Crippen LogP contribution in [-0.2, 0) is 11.3 Å². The topological polar surface area (TPSA) is 78.0 Å². The summed E-state index contributed by atoms with van der Waals surface area (Å²) in [6.45, 7) is 4.90. The van der Waals surface area contributed by atoms with E-state index in [-0.39, 0.29) is 0 Å². The van der Waals surface area contributed by atoms with Crippen LogP contribution < -0.4 is 5.32 Å². The number of fused-ring (bicyclic) bond motifs is 1. The zero-order valence-corrected chi connectivity index (χ0v) is 11.2. The number of carboxylic acids is 1. The lowest BCUT2D eigenvalue weighted by atomic mass is 9.90. The van der Waals surface area contributed by atoms with Crippen molar-refractivity contribution in [2.45, 2.75) is 26.8 Å². The van der Waals surface area contributed by atoms with Gasteiger partial charge in [-0.3, -0.25) is 9.89 Å². The fourth-order valence-electron chi connectivity index (χ4n) is 1.83. The molecule has 5 nitrogen and oxygen atoms in total. The molecule has 19 heavy (non-hydrogen) atoms. The van der Waals surface area contributed by atoms with Gasteiger partial charge in [0.1, 0.15) is 0 Å². The number of aliphatic carboxylic acids is 1. The summed E-state index contributed by atoms with van der Waals surface area (Å²) in [4.78, 5) is 11.0. The molecule has 0 aliphatic rings. The van der Waals surface area contributed by atoms with Gasteiger partial charge in [0.25, 0.3) is 0 Å². The van der Waals surface area contributed by atoms with E-state index >= 15 is 0 Å². The van der Waals surface area contributed by atoms with Gasteiger partial charge in [-0.25, -0.2) is 0 Å². The molecule has 0 aliphatic carbocycles. The second-order valence-electron chi connectivity index (χ2n) is 5.41. The SMILES string of the molecule is CC(C)(CCNCc1ccc2cn[nH]c2c1)C(=O)O. The highest BCUT2D eigenvalue weighted by atomic mass is 16.4. The maximum Gasteiger partial charge on any atom is 0.309 e. The van der Waals surface area contributed by atoms with E-state index in [2.05, 4.69) is 21.6 Å². The lowest BCUT2D eigenvalue weighted by molar-refractivity contribution is -0.147. The van der Waals surface area contributed by atoms with Crippen molar-refractivity contribution in [3.8, 4) is 0 Å². The molecule has 0 unspecified atom stereocenters. The Morgan fingerprint density at radius 1 is 1.47 bits per heavy atom. The molecule has 0 spiro atoms. The summed E-state index contributed by atoms with van der Waals surface area (Å²) in [5.41, 5.74) is 1.50. The first-order valence-electron chi connectivity index (χ1n) is 6.35. The maximum absolute atomic E-state index is 11.0. The first-order valence-corrected chi connectivity index (χ1v) is 6.35. The molecule has 0 radical (unpaired) electrons. The van der Waals surface area contributed by atoms with Gasteiger partial charge in [-0.05, 0) is 38.4 Å². The van der Waals surface area contributed by atoms with Crippen LogP contribution in [0.15, 0.2) is 24.4 Å². The van der Waals surface area contributed by atoms with Crippen LogP contribution in [0, 0.1) is 5.41 Å². The quantitative estimate of drug-likeness (QED) is 0.696. The average molecular weight is 261 g/mol. The molecule has 0 saturated carbocycles. The number of rotatable bonds is 6. The minimum atomic E-state index is -0.756. The Balaban J connectivity index is 1.84. The number of carbonyl (C=O) groups is 1. The number of hydrogen-bond donors (Lipinski definition) is 3. The summed E-state index contributed by atoms with van der Waals surface area (Å²) >= 11 is 0. The van der Waals surface area contributed by atoms with E-state index in [0.717, 1.165) is 23.0 Å². The van der Waals surface area contributed by atoms with Crippen molar-refractivity contribution in [2.75, 3.05) is 6.54 Å². The molecule has 2 aromatic rings. The Bertz CT molecular complexity index is 575. The molecule has 5 heteroatoms. The predicted octanol–water partition coefficient (Wildman–Crippen LogP) is 2.15. The Hall–Kier alpha value is -1.88. The number of benzene rings is 1. The standard InChI is InChI=1S/C14H19N3O2/c1-14(2,13(18)19)5-6-15-8-10-3-4-11-9-16-17-12(11)7-10/h3-4,7,9,15H,5-6,8H2,1-2H3,(H,16,17)(H,18,19). The number of nitrogens with zero attached hydrogens (tertiary/aromatic N) is 1. The highest BCUT2D eigenvalue weighted by molar-refractivity contribution is 5.78. The first-order chi connectivity index (χ1) is 8.99. The van der Waals surface area contributed by atoms with Crippen LogP contribution in [0.2, 0.25) is 0 Å². The Morgan fingerprint density at radius 2 is 2.26 bits per heavy atom. The van der Waals surface area contributed by atoms with Gasteiger partial charge in [0.2, 0.25) is 0 Å². The van der Waals surface area contributed by atoms with E-state index in [1.54, 1.807) is 20.0 Å². The summed E-state index contributed by atoms with van der Waals surface area (Å²) in [6, 6.07) is 6.13. The van der Waals surface area contributed by atoms with Crippen molar-refractivity contribution >= 4 is 16.9 Å². The zero-order chi connectivity index (χ0) is 13.9. The minimum Gasteiger partial charge on any atom is -0.481 e. The van der Waals surface area contributed by atoms with Crippen LogP contribution in [-0.4, -0.2) is 27.8 Å². The third kappa shape index (κ3) is 3.32. The molecule has 0 fully saturated rings. The van der Waals surface area contributed by atoms with Crippen molar-refractivity contribution in [1.82, 2.24) is 15.5 Å². The number of aromatic amines is 1. The molecule has 0 bridgehead atoms. The maximum atomic E-state index is 11.0. The molecule has 0 saturated heterocycles. The van der Waals surface area contributed by atoms with E-state index in [1.165, 1.54) is 0 Å². The molecular formula is C14H19N3O2. The summed E-state index contributed by atoms with van der Waals surface area (Å²) in [5, 5.41) is 20.3. The normalized spacial score (nSPS) is 11.9. The van der Waals surface area contributed by atoms with Crippen molar-refractivity contribution in [3.05, 3.63) is 30.0 Å². The molecule has 3 N–H and O–H groups in total. The van der Waals surface area contributed by atoms with E-state index < -0.39 is 11.4 Å². The Morgan fingerprint density at radius 3 is 3.00 bits per heavy atom. The van der Waals surface area contributed by atoms with Crippen LogP contribution in [0.4, 0.5) is 0 Å². The fraction of sp³-hybridized carbons (Fsp3) is 0.429. The van der Waals surface area contributed by atoms with Gasteiger partial charge in [0, 0.05) is 11.9 Å². The van der Waals surface area contributed by atoms with E-state index in [1.807, 2.05) is 12.1 Å². The van der Waals surface area contributed by atoms with Crippen LogP contribution in [0.5, 0.6) is 0 Å². The van der Waals surface area contributed by atoms with Crippen molar-refractivity contribution in [2.24, 2.45) is 5.41 Å². The van der Waals surface area contributed by atoms with Crippen LogP contribution in [0.25, 0.3) is 10.9 Å². The molecular weight excluding hydrogens is 242 g/mol. The second kappa shape index (κ2) is 5.40. The van der Waals surface area contributed by atoms with Gasteiger partial charge in [-0.15, -0.1) is 0 Å². The molecule has 1 aromatic heterocycles. The average Bonchev–Trinajstić information content (AvgIpc) is 2.81. The third-order valence-corrected chi connectivity index (χ3v) is 3.34. The lowest BCUT2D eigenvalue weighted by Crippen LogP contribution is -2.28. The van der Waals surface area contributed by atoms with Gasteiger partial charge >= 0.3 is 5.97 Å². The molecule has 102 valence electrons. The van der Waals surface area contributed by atoms with Crippen molar-refractivity contribution in [1.29, 1.82) is 0 Å². The van der Waals surface area contributed by atoms with Crippen LogP contribution in [0.1, 0.15) is 25.8 Å². The predicted molar refractivity (Wildman–Crippen MR) is 73.8 cm³/mol. The monoisotopic (exact) mass is 261 g/mol. The number of aromatic nitrogens is 2. The molecule has 0 atom stereocenters. The van der Waals surface area contributed by atoms with Gasteiger partial charge in [0.15, 0.2) is 0 Å². The second-order valence-corrected chi connectivity index (χ2v) is 5.41. The molecule has 2 rings (SSSR count). The molecule has 0 aliphatic heterocycles. The van der Waals surface area contributed by atoms with Crippen LogP contribution >= 0.6 is 0 Å². The molecule has 0 amide bonds. The van der Waals surface area contributed by atoms with E-state index in [9.17, 15) is 4.79 Å². The number of hydrogen-bond acceptors (Lipinski definition) is 3. The van der Waals surface area contributed by atoms with Gasteiger partial charge in [-0.1, -0.05) is 12.1 Å². The first kappa shape index (κ1) is 13.5. The Kier molecular flexibility index (Phi) is 3.85. The largest absolute Gasteiger partial charge is 0.481 e. The molecule has 1 aromatic carbocycles. The van der Waals surface area contributed by atoms with Crippen molar-refractivity contribution < 1.29 is 9.90 Å². The number of nitrogens with one attached hydrogen (secondary N) is 2. The summed E-state index contributed by atoms with van der Waals surface area (Å²) < 4.78 is 0. The van der Waals surface area contributed by atoms with Gasteiger partial charge in [0.05, 0.1) is 17.1 Å². The molecule has 1 heterocycles. The zero-order valence-electron chi connectivity index (χ0n) is 11.2. The van der Waals surface area contributed by atoms with Gasteiger partial charge < -0.3 is 10.4 Å². The summed E-state index contributed by atoms with van der Waals surface area (Å²) in [5.74, 6) is -0.756. The van der Waals surface area contributed by atoms with E-state index in [4.69, 9.17) is 5.11 Å². The van der Waals surface area contributed by atoms with Gasteiger partial charge in [-0.2, -0.15) is 5.10 Å². The Labute approximate surface area is 112 Å². The number of carboxylic acid groups (broad SMARTS) is 1. The smallest absolute Gasteiger partial charge is 0.309 e. The highest BCUT2D eigenvalue weighted by Crippen LogP contribution is 2.19. The summed E-state index contributed by atoms with van der Waals surface area (Å²) in [7, 11) is 0. The highest BCUT2D eigenvalue weighted by Gasteiger charge is 2.25. The number of H-pyrrole nitrogens is 1. The minimum absolute atomic E-state index is 0.606. The fourth-order valence-corrected chi connectivity index (χ4v) is 1.83. The summed E-state index contributed by atoms with van der Waals surface area (Å²) in [6.07, 6.45) is 2.40. The van der Waals surface area contributed by atoms with Crippen LogP contribution in [0.3, 0.4) is 0 Å².